The van der Waals surface area contributed by atoms with Crippen LogP contribution in [0, 0.1) is 15.9 Å². The molecule has 0 unspecified atom stereocenters. The molecule has 110 valence electrons. The van der Waals surface area contributed by atoms with Gasteiger partial charge in [-0.15, -0.1) is 11.3 Å². The van der Waals surface area contributed by atoms with E-state index in [2.05, 4.69) is 0 Å². The molecule has 0 saturated carbocycles. The van der Waals surface area contributed by atoms with Gasteiger partial charge in [0.25, 0.3) is 5.91 Å². The first-order chi connectivity index (χ1) is 10.0. The Labute approximate surface area is 122 Å². The number of hydrogen-bond acceptors (Lipinski definition) is 6. The molecule has 3 N–H and O–H groups in total. The maximum absolute atomic E-state index is 13.6. The number of nitro groups is 1. The van der Waals surface area contributed by atoms with Crippen molar-refractivity contribution in [3.05, 3.63) is 56.0 Å². The summed E-state index contributed by atoms with van der Waals surface area (Å²) < 4.78 is 18.8. The van der Waals surface area contributed by atoms with Crippen LogP contribution in [-0.4, -0.2) is 10.8 Å². The van der Waals surface area contributed by atoms with Gasteiger partial charge in [0.15, 0.2) is 5.82 Å². The number of nitro benzene ring substituents is 1. The zero-order valence-electron chi connectivity index (χ0n) is 10.5. The number of hydrazine groups is 1. The van der Waals surface area contributed by atoms with Crippen LogP contribution in [-0.2, 0) is 6.61 Å². The number of benzene rings is 1. The van der Waals surface area contributed by atoms with Gasteiger partial charge in [-0.05, 0) is 18.2 Å². The highest BCUT2D eigenvalue weighted by Gasteiger charge is 2.19. The van der Waals surface area contributed by atoms with E-state index in [9.17, 15) is 19.3 Å². The van der Waals surface area contributed by atoms with Crippen LogP contribution in [0.5, 0.6) is 5.75 Å². The minimum atomic E-state index is -0.819. The average Bonchev–Trinajstić information content (AvgIpc) is 2.93. The summed E-state index contributed by atoms with van der Waals surface area (Å²) in [7, 11) is 0. The van der Waals surface area contributed by atoms with Crippen LogP contribution in [0.4, 0.5) is 10.1 Å². The highest BCUT2D eigenvalue weighted by atomic mass is 32.1. The van der Waals surface area contributed by atoms with E-state index in [1.807, 2.05) is 5.43 Å². The van der Waals surface area contributed by atoms with Crippen molar-refractivity contribution in [2.24, 2.45) is 5.84 Å². The predicted octanol–water partition coefficient (Wildman–Crippen LogP) is 1.98. The smallest absolute Gasteiger partial charge is 0.314 e. The molecular weight excluding hydrogens is 301 g/mol. The van der Waals surface area contributed by atoms with Crippen molar-refractivity contribution in [3.63, 3.8) is 0 Å². The van der Waals surface area contributed by atoms with Gasteiger partial charge in [-0.3, -0.25) is 20.3 Å². The molecule has 0 aliphatic rings. The fourth-order valence-electron chi connectivity index (χ4n) is 1.58. The van der Waals surface area contributed by atoms with Gasteiger partial charge < -0.3 is 4.74 Å². The van der Waals surface area contributed by atoms with E-state index < -0.39 is 28.1 Å². The van der Waals surface area contributed by atoms with Crippen LogP contribution >= 0.6 is 11.3 Å². The Balaban J connectivity index is 2.15. The monoisotopic (exact) mass is 311 g/mol. The number of ether oxygens (including phenoxy) is 1. The Morgan fingerprint density at radius 3 is 2.86 bits per heavy atom. The minimum Gasteiger partial charge on any atom is -0.479 e. The molecule has 1 amide bonds. The lowest BCUT2D eigenvalue weighted by Gasteiger charge is -2.06. The number of carbonyl (C=O) groups is 1. The van der Waals surface area contributed by atoms with Gasteiger partial charge in [-0.2, -0.15) is 0 Å². The second-order valence-corrected chi connectivity index (χ2v) is 5.04. The number of amides is 1. The van der Waals surface area contributed by atoms with Gasteiger partial charge in [0, 0.05) is 10.9 Å². The SMILES string of the molecule is NNC(=O)c1ccc(COc2c(F)cccc2[N+](=O)[O-])s1. The molecule has 1 heterocycles. The molecule has 0 fully saturated rings. The maximum Gasteiger partial charge on any atom is 0.314 e. The summed E-state index contributed by atoms with van der Waals surface area (Å²) in [5, 5.41) is 10.8. The van der Waals surface area contributed by atoms with E-state index in [0.717, 1.165) is 23.5 Å². The van der Waals surface area contributed by atoms with Gasteiger partial charge in [0.1, 0.15) is 6.61 Å². The summed E-state index contributed by atoms with van der Waals surface area (Å²) in [6, 6.07) is 6.59. The highest BCUT2D eigenvalue weighted by molar-refractivity contribution is 7.14. The molecule has 0 spiro atoms. The first-order valence-corrected chi connectivity index (χ1v) is 6.50. The Kier molecular flexibility index (Phi) is 4.45. The third kappa shape index (κ3) is 3.33. The van der Waals surface area contributed by atoms with Crippen molar-refractivity contribution in [2.45, 2.75) is 6.61 Å². The number of thiophene rings is 1. The summed E-state index contributed by atoms with van der Waals surface area (Å²) in [6.07, 6.45) is 0. The predicted molar refractivity (Wildman–Crippen MR) is 73.4 cm³/mol. The van der Waals surface area contributed by atoms with E-state index in [1.165, 1.54) is 12.1 Å². The average molecular weight is 311 g/mol. The summed E-state index contributed by atoms with van der Waals surface area (Å²) in [5.74, 6) is 3.30. The van der Waals surface area contributed by atoms with Crippen LogP contribution in [0.1, 0.15) is 14.5 Å². The number of hydrogen-bond donors (Lipinski definition) is 2. The van der Waals surface area contributed by atoms with E-state index in [1.54, 1.807) is 6.07 Å². The first kappa shape index (κ1) is 14.9. The highest BCUT2D eigenvalue weighted by Crippen LogP contribution is 2.31. The van der Waals surface area contributed by atoms with E-state index in [-0.39, 0.29) is 6.61 Å². The molecule has 7 nitrogen and oxygen atoms in total. The van der Waals surface area contributed by atoms with Crippen LogP contribution in [0.3, 0.4) is 0 Å². The molecule has 1 aromatic heterocycles. The number of para-hydroxylation sites is 1. The molecule has 2 rings (SSSR count). The number of carbonyl (C=O) groups excluding carboxylic acids is 1. The Bertz CT molecular complexity index is 689. The molecule has 21 heavy (non-hydrogen) atoms. The Morgan fingerprint density at radius 1 is 1.43 bits per heavy atom. The van der Waals surface area contributed by atoms with Gasteiger partial charge in [-0.1, -0.05) is 6.07 Å². The van der Waals surface area contributed by atoms with E-state index >= 15 is 0 Å². The Morgan fingerprint density at radius 2 is 2.19 bits per heavy atom. The van der Waals surface area contributed by atoms with E-state index in [0.29, 0.717) is 9.75 Å². The standard InChI is InChI=1S/C12H10FN3O4S/c13-8-2-1-3-9(16(18)19)11(8)20-6-7-4-5-10(21-7)12(17)15-14/h1-5H,6,14H2,(H,15,17). The lowest BCUT2D eigenvalue weighted by molar-refractivity contribution is -0.386. The van der Waals surface area contributed by atoms with Crippen LogP contribution in [0.15, 0.2) is 30.3 Å². The molecule has 0 atom stereocenters. The second kappa shape index (κ2) is 6.29. The van der Waals surface area contributed by atoms with Gasteiger partial charge in [-0.25, -0.2) is 10.2 Å². The zero-order valence-corrected chi connectivity index (χ0v) is 11.4. The summed E-state index contributed by atoms with van der Waals surface area (Å²) >= 11 is 1.10. The topological polar surface area (TPSA) is 107 Å². The van der Waals surface area contributed by atoms with Crippen LogP contribution in [0.2, 0.25) is 0 Å². The van der Waals surface area contributed by atoms with Crippen molar-refractivity contribution in [2.75, 3.05) is 0 Å². The van der Waals surface area contributed by atoms with Crippen molar-refractivity contribution in [1.82, 2.24) is 5.43 Å². The number of nitrogens with zero attached hydrogens (tertiary/aromatic N) is 1. The molecule has 0 aliphatic carbocycles. The normalized spacial score (nSPS) is 10.2. The fraction of sp³-hybridized carbons (Fsp3) is 0.0833. The molecule has 2 aromatic rings. The van der Waals surface area contributed by atoms with Crippen molar-refractivity contribution in [1.29, 1.82) is 0 Å². The number of nitrogens with two attached hydrogens (primary N) is 1. The molecule has 0 saturated heterocycles. The molecular formula is C12H10FN3O4S. The van der Waals surface area contributed by atoms with Crippen molar-refractivity contribution in [3.8, 4) is 5.75 Å². The van der Waals surface area contributed by atoms with Crippen molar-refractivity contribution >= 4 is 22.9 Å². The minimum absolute atomic E-state index is 0.0930. The summed E-state index contributed by atoms with van der Waals surface area (Å²) in [4.78, 5) is 22.3. The van der Waals surface area contributed by atoms with Gasteiger partial charge in [0.05, 0.1) is 9.80 Å². The second-order valence-electron chi connectivity index (χ2n) is 3.87. The number of halogens is 1. The fourth-order valence-corrected chi connectivity index (χ4v) is 2.40. The van der Waals surface area contributed by atoms with Crippen LogP contribution < -0.4 is 16.0 Å². The third-order valence-corrected chi connectivity index (χ3v) is 3.58. The summed E-state index contributed by atoms with van der Waals surface area (Å²) in [5.41, 5.74) is 1.53. The first-order valence-electron chi connectivity index (χ1n) is 5.68. The van der Waals surface area contributed by atoms with Gasteiger partial charge >= 0.3 is 5.69 Å². The van der Waals surface area contributed by atoms with Crippen LogP contribution in [0.25, 0.3) is 0 Å². The van der Waals surface area contributed by atoms with Crippen molar-refractivity contribution < 1.29 is 18.8 Å². The van der Waals surface area contributed by atoms with Gasteiger partial charge in [0.2, 0.25) is 5.75 Å². The maximum atomic E-state index is 13.6. The summed E-state index contributed by atoms with van der Waals surface area (Å²) in [6.45, 7) is -0.0930. The molecule has 1 aromatic carbocycles. The largest absolute Gasteiger partial charge is 0.479 e. The number of nitrogens with one attached hydrogen (secondary N) is 1. The zero-order chi connectivity index (χ0) is 15.4. The lowest BCUT2D eigenvalue weighted by Crippen LogP contribution is -2.29. The number of rotatable bonds is 5. The third-order valence-electron chi connectivity index (χ3n) is 2.52. The Hall–Kier alpha value is -2.52. The number of nitrogen functional groups attached to an aromatic ring is 1. The molecule has 0 radical (unpaired) electrons. The van der Waals surface area contributed by atoms with E-state index in [4.69, 9.17) is 10.6 Å². The quantitative estimate of drug-likeness (QED) is 0.380. The molecule has 0 aliphatic heterocycles. The lowest BCUT2D eigenvalue weighted by atomic mass is 10.3. The molecule has 9 heteroatoms. The molecule has 0 bridgehead atoms.